The predicted molar refractivity (Wildman–Crippen MR) is 95.0 cm³/mol. The van der Waals surface area contributed by atoms with Crippen molar-refractivity contribution >= 4 is 50.0 Å². The van der Waals surface area contributed by atoms with E-state index in [1.807, 2.05) is 29.6 Å². The molecule has 7 heteroatoms. The Morgan fingerprint density at radius 3 is 3.00 bits per heavy atom. The summed E-state index contributed by atoms with van der Waals surface area (Å²) in [4.78, 5) is 22.9. The number of carbonyl (C=O) groups excluding carboxylic acids is 1. The number of fused-ring (bicyclic) bond motifs is 1. The number of carbonyl (C=O) groups is 1. The zero-order chi connectivity index (χ0) is 16.1. The van der Waals surface area contributed by atoms with Crippen molar-refractivity contribution in [1.82, 2.24) is 9.97 Å². The lowest BCUT2D eigenvalue weighted by Crippen LogP contribution is -2.32. The number of amides is 1. The van der Waals surface area contributed by atoms with E-state index in [4.69, 9.17) is 4.74 Å². The molecule has 2 heterocycles. The third-order valence-corrected chi connectivity index (χ3v) is 4.81. The smallest absolute Gasteiger partial charge is 0.252 e. The van der Waals surface area contributed by atoms with Gasteiger partial charge in [-0.2, -0.15) is 0 Å². The van der Waals surface area contributed by atoms with Crippen molar-refractivity contribution in [2.45, 2.75) is 0 Å². The van der Waals surface area contributed by atoms with Gasteiger partial charge in [-0.05, 0) is 18.2 Å². The highest BCUT2D eigenvalue weighted by Gasteiger charge is 2.17. The monoisotopic (exact) mass is 345 g/mol. The molecule has 23 heavy (non-hydrogen) atoms. The fourth-order valence-corrected chi connectivity index (χ4v) is 3.53. The average Bonchev–Trinajstić information content (AvgIpc) is 3.22. The Labute approximate surface area is 141 Å². The molecule has 0 unspecified atom stereocenters. The Morgan fingerprint density at radius 2 is 2.26 bits per heavy atom. The molecule has 1 aromatic carbocycles. The second-order valence-corrected chi connectivity index (χ2v) is 6.42. The van der Waals surface area contributed by atoms with Gasteiger partial charge in [0.1, 0.15) is 0 Å². The Kier molecular flexibility index (Phi) is 5.12. The number of nitrogens with zero attached hydrogens (tertiary/aromatic N) is 3. The number of hydrogen-bond donors (Lipinski definition) is 0. The van der Waals surface area contributed by atoms with E-state index < -0.39 is 0 Å². The van der Waals surface area contributed by atoms with Crippen molar-refractivity contribution in [3.63, 3.8) is 0 Å². The first-order valence-corrected chi connectivity index (χ1v) is 8.76. The molecule has 0 bridgehead atoms. The van der Waals surface area contributed by atoms with Gasteiger partial charge in [0.25, 0.3) is 5.91 Å². The van der Waals surface area contributed by atoms with Crippen LogP contribution < -0.4 is 4.90 Å². The minimum atomic E-state index is -0.130. The van der Waals surface area contributed by atoms with Crippen molar-refractivity contribution in [2.75, 3.05) is 25.2 Å². The van der Waals surface area contributed by atoms with Gasteiger partial charge in [0, 0.05) is 18.6 Å². The lowest BCUT2D eigenvalue weighted by atomic mass is 10.3. The number of para-hydroxylation sites is 1. The zero-order valence-corrected chi connectivity index (χ0v) is 14.1. The molecule has 0 saturated heterocycles. The van der Waals surface area contributed by atoms with Gasteiger partial charge in [-0.1, -0.05) is 23.5 Å². The summed E-state index contributed by atoms with van der Waals surface area (Å²) in [5.74, 6) is -0.130. The second kappa shape index (κ2) is 7.45. The van der Waals surface area contributed by atoms with E-state index in [2.05, 4.69) is 9.97 Å². The first-order chi connectivity index (χ1) is 11.3. The molecule has 2 aromatic heterocycles. The van der Waals surface area contributed by atoms with Crippen molar-refractivity contribution < 1.29 is 9.53 Å². The number of thiazole rings is 2. The van der Waals surface area contributed by atoms with Gasteiger partial charge in [-0.15, -0.1) is 11.3 Å². The molecular formula is C16H15N3O2S2. The van der Waals surface area contributed by atoms with Crippen LogP contribution in [0.15, 0.2) is 41.2 Å². The molecule has 0 aliphatic carbocycles. The maximum atomic E-state index is 12.5. The van der Waals surface area contributed by atoms with Crippen molar-refractivity contribution in [2.24, 2.45) is 0 Å². The van der Waals surface area contributed by atoms with Crippen LogP contribution in [-0.2, 0) is 9.53 Å². The van der Waals surface area contributed by atoms with Crippen LogP contribution in [0.25, 0.3) is 16.3 Å². The number of aromatic nitrogens is 2. The number of ether oxygens (including phenoxy) is 1. The van der Waals surface area contributed by atoms with Gasteiger partial charge in [0.2, 0.25) is 0 Å². The third kappa shape index (κ3) is 3.82. The summed E-state index contributed by atoms with van der Waals surface area (Å²) in [5, 5.41) is 2.57. The molecule has 0 radical (unpaired) electrons. The van der Waals surface area contributed by atoms with Crippen LogP contribution in [0, 0.1) is 0 Å². The van der Waals surface area contributed by atoms with E-state index >= 15 is 0 Å². The number of anilines is 1. The Morgan fingerprint density at radius 1 is 1.39 bits per heavy atom. The SMILES string of the molecule is COCCN(C(=O)/C=C/c1cscn1)c1nc2ccccc2s1. The highest BCUT2D eigenvalue weighted by atomic mass is 32.1. The van der Waals surface area contributed by atoms with Crippen LogP contribution in [0.2, 0.25) is 0 Å². The molecule has 5 nitrogen and oxygen atoms in total. The van der Waals surface area contributed by atoms with Crippen LogP contribution >= 0.6 is 22.7 Å². The minimum absolute atomic E-state index is 0.130. The molecule has 0 aliphatic heterocycles. The maximum absolute atomic E-state index is 12.5. The number of methoxy groups -OCH3 is 1. The van der Waals surface area contributed by atoms with E-state index in [1.165, 1.54) is 28.7 Å². The van der Waals surface area contributed by atoms with E-state index in [1.54, 1.807) is 23.6 Å². The van der Waals surface area contributed by atoms with Gasteiger partial charge < -0.3 is 4.74 Å². The second-order valence-electron chi connectivity index (χ2n) is 4.69. The molecule has 0 fully saturated rings. The van der Waals surface area contributed by atoms with Gasteiger partial charge >= 0.3 is 0 Å². The molecule has 0 atom stereocenters. The molecular weight excluding hydrogens is 330 g/mol. The molecule has 0 saturated carbocycles. The quantitative estimate of drug-likeness (QED) is 0.642. The topological polar surface area (TPSA) is 55.3 Å². The Balaban J connectivity index is 1.85. The summed E-state index contributed by atoms with van der Waals surface area (Å²) < 4.78 is 6.17. The molecule has 3 rings (SSSR count). The van der Waals surface area contributed by atoms with Crippen LogP contribution in [0.3, 0.4) is 0 Å². The van der Waals surface area contributed by atoms with Crippen molar-refractivity contribution in [3.8, 4) is 0 Å². The van der Waals surface area contributed by atoms with Gasteiger partial charge in [-0.25, -0.2) is 9.97 Å². The van der Waals surface area contributed by atoms with Crippen LogP contribution in [0.4, 0.5) is 5.13 Å². The van der Waals surface area contributed by atoms with Crippen LogP contribution in [-0.4, -0.2) is 36.1 Å². The summed E-state index contributed by atoms with van der Waals surface area (Å²) in [7, 11) is 1.62. The van der Waals surface area contributed by atoms with Gasteiger partial charge in [-0.3, -0.25) is 9.69 Å². The highest BCUT2D eigenvalue weighted by Crippen LogP contribution is 2.28. The highest BCUT2D eigenvalue weighted by molar-refractivity contribution is 7.22. The zero-order valence-electron chi connectivity index (χ0n) is 12.5. The normalized spacial score (nSPS) is 11.3. The number of hydrogen-bond acceptors (Lipinski definition) is 6. The molecule has 3 aromatic rings. The summed E-state index contributed by atoms with van der Waals surface area (Å²) in [5.41, 5.74) is 3.41. The van der Waals surface area contributed by atoms with E-state index in [0.29, 0.717) is 18.3 Å². The standard InChI is InChI=1S/C16H15N3O2S2/c1-21-9-8-19(15(20)7-6-12-10-22-11-17-12)16-18-13-4-2-3-5-14(13)23-16/h2-7,10-11H,8-9H2,1H3/b7-6+. The summed E-state index contributed by atoms with van der Waals surface area (Å²) in [6.45, 7) is 0.906. The number of benzene rings is 1. The fourth-order valence-electron chi connectivity index (χ4n) is 2.01. The third-order valence-electron chi connectivity index (χ3n) is 3.15. The summed E-state index contributed by atoms with van der Waals surface area (Å²) >= 11 is 2.99. The minimum Gasteiger partial charge on any atom is -0.383 e. The van der Waals surface area contributed by atoms with Crippen molar-refractivity contribution in [1.29, 1.82) is 0 Å². The van der Waals surface area contributed by atoms with Crippen molar-refractivity contribution in [3.05, 3.63) is 46.9 Å². The van der Waals surface area contributed by atoms with E-state index in [-0.39, 0.29) is 5.91 Å². The summed E-state index contributed by atoms with van der Waals surface area (Å²) in [6.07, 6.45) is 3.24. The molecule has 1 amide bonds. The average molecular weight is 345 g/mol. The van der Waals surface area contributed by atoms with E-state index in [0.717, 1.165) is 15.9 Å². The molecule has 0 N–H and O–H groups in total. The number of rotatable bonds is 6. The van der Waals surface area contributed by atoms with Crippen LogP contribution in [0.5, 0.6) is 0 Å². The Hall–Kier alpha value is -2.09. The molecule has 0 aliphatic rings. The molecule has 118 valence electrons. The van der Waals surface area contributed by atoms with E-state index in [9.17, 15) is 4.79 Å². The van der Waals surface area contributed by atoms with Gasteiger partial charge in [0.05, 0.1) is 34.6 Å². The van der Waals surface area contributed by atoms with Crippen LogP contribution in [0.1, 0.15) is 5.69 Å². The fraction of sp³-hybridized carbons (Fsp3) is 0.188. The first kappa shape index (κ1) is 15.8. The largest absolute Gasteiger partial charge is 0.383 e. The Bertz CT molecular complexity index is 779. The summed E-state index contributed by atoms with van der Waals surface area (Å²) in [6, 6.07) is 7.85. The first-order valence-electron chi connectivity index (χ1n) is 7.00. The van der Waals surface area contributed by atoms with Gasteiger partial charge in [0.15, 0.2) is 5.13 Å². The lowest BCUT2D eigenvalue weighted by molar-refractivity contribution is -0.114. The maximum Gasteiger partial charge on any atom is 0.252 e. The predicted octanol–water partition coefficient (Wildman–Crippen LogP) is 3.45. The lowest BCUT2D eigenvalue weighted by Gasteiger charge is -2.17. The molecule has 0 spiro atoms.